The van der Waals surface area contributed by atoms with Crippen molar-refractivity contribution in [3.05, 3.63) is 35.4 Å². The summed E-state index contributed by atoms with van der Waals surface area (Å²) in [6.45, 7) is 3.27. The zero-order chi connectivity index (χ0) is 12.7. The second kappa shape index (κ2) is 6.96. The van der Waals surface area contributed by atoms with Crippen molar-refractivity contribution >= 4 is 5.91 Å². The summed E-state index contributed by atoms with van der Waals surface area (Å²) in [6.07, 6.45) is -2.42. The lowest BCUT2D eigenvalue weighted by Gasteiger charge is -2.06. The monoisotopic (exact) mass is 242 g/mol. The topological polar surface area (TPSA) is 41.1 Å². The van der Waals surface area contributed by atoms with Crippen molar-refractivity contribution in [1.29, 1.82) is 0 Å². The molecule has 94 valence electrons. The highest BCUT2D eigenvalue weighted by Gasteiger charge is 2.05. The molecule has 0 fully saturated rings. The zero-order valence-electron chi connectivity index (χ0n) is 9.67. The molecular weight excluding hydrogens is 226 g/mol. The SMILES string of the molecule is CC(=O)NCCNCc1ccc(C(F)F)cc1. The number of amides is 1. The molecule has 2 N–H and O–H groups in total. The van der Waals surface area contributed by atoms with Crippen LogP contribution in [0.15, 0.2) is 24.3 Å². The van der Waals surface area contributed by atoms with E-state index in [1.165, 1.54) is 19.1 Å². The van der Waals surface area contributed by atoms with Crippen molar-refractivity contribution in [3.8, 4) is 0 Å². The first-order valence-corrected chi connectivity index (χ1v) is 5.41. The summed E-state index contributed by atoms with van der Waals surface area (Å²) >= 11 is 0. The molecule has 0 aliphatic carbocycles. The van der Waals surface area contributed by atoms with E-state index < -0.39 is 6.43 Å². The van der Waals surface area contributed by atoms with Crippen LogP contribution in [-0.4, -0.2) is 19.0 Å². The Balaban J connectivity index is 2.25. The molecule has 0 spiro atoms. The van der Waals surface area contributed by atoms with Crippen LogP contribution in [0.3, 0.4) is 0 Å². The van der Waals surface area contributed by atoms with Gasteiger partial charge in [0.1, 0.15) is 0 Å². The van der Waals surface area contributed by atoms with Gasteiger partial charge in [0, 0.05) is 32.1 Å². The van der Waals surface area contributed by atoms with Gasteiger partial charge in [-0.2, -0.15) is 0 Å². The summed E-state index contributed by atoms with van der Waals surface area (Å²) in [4.78, 5) is 10.6. The van der Waals surface area contributed by atoms with Crippen molar-refractivity contribution in [2.45, 2.75) is 19.9 Å². The van der Waals surface area contributed by atoms with Gasteiger partial charge in [-0.15, -0.1) is 0 Å². The lowest BCUT2D eigenvalue weighted by molar-refractivity contribution is -0.118. The van der Waals surface area contributed by atoms with E-state index in [1.54, 1.807) is 12.1 Å². The van der Waals surface area contributed by atoms with Crippen LogP contribution in [0.1, 0.15) is 24.5 Å². The number of benzene rings is 1. The van der Waals surface area contributed by atoms with Crippen molar-refractivity contribution in [3.63, 3.8) is 0 Å². The molecule has 0 atom stereocenters. The standard InChI is InChI=1S/C12H16F2N2O/c1-9(17)16-7-6-15-8-10-2-4-11(5-3-10)12(13)14/h2-5,12,15H,6-8H2,1H3,(H,16,17). The van der Waals surface area contributed by atoms with Gasteiger partial charge in [0.2, 0.25) is 5.91 Å². The highest BCUT2D eigenvalue weighted by Crippen LogP contribution is 2.18. The highest BCUT2D eigenvalue weighted by molar-refractivity contribution is 5.72. The van der Waals surface area contributed by atoms with Gasteiger partial charge in [0.15, 0.2) is 0 Å². The first-order valence-electron chi connectivity index (χ1n) is 5.41. The number of carbonyl (C=O) groups is 1. The van der Waals surface area contributed by atoms with E-state index in [0.29, 0.717) is 19.6 Å². The minimum Gasteiger partial charge on any atom is -0.355 e. The van der Waals surface area contributed by atoms with Crippen LogP contribution in [-0.2, 0) is 11.3 Å². The zero-order valence-corrected chi connectivity index (χ0v) is 9.67. The van der Waals surface area contributed by atoms with E-state index in [9.17, 15) is 13.6 Å². The molecule has 5 heteroatoms. The molecule has 0 aromatic heterocycles. The van der Waals surface area contributed by atoms with E-state index in [-0.39, 0.29) is 11.5 Å². The summed E-state index contributed by atoms with van der Waals surface area (Å²) in [6, 6.07) is 6.20. The number of halogens is 2. The number of hydrogen-bond acceptors (Lipinski definition) is 2. The van der Waals surface area contributed by atoms with Crippen LogP contribution in [0.2, 0.25) is 0 Å². The molecule has 1 rings (SSSR count). The molecule has 0 unspecified atom stereocenters. The minimum absolute atomic E-state index is 0.0343. The third-order valence-corrected chi connectivity index (χ3v) is 2.24. The lowest BCUT2D eigenvalue weighted by Crippen LogP contribution is -2.29. The third-order valence-electron chi connectivity index (χ3n) is 2.24. The average molecular weight is 242 g/mol. The van der Waals surface area contributed by atoms with Crippen molar-refractivity contribution in [1.82, 2.24) is 10.6 Å². The van der Waals surface area contributed by atoms with Gasteiger partial charge >= 0.3 is 0 Å². The average Bonchev–Trinajstić information content (AvgIpc) is 2.29. The molecular formula is C12H16F2N2O. The normalized spacial score (nSPS) is 10.6. The Hall–Kier alpha value is -1.49. The molecule has 3 nitrogen and oxygen atoms in total. The van der Waals surface area contributed by atoms with E-state index in [2.05, 4.69) is 10.6 Å². The molecule has 1 aromatic carbocycles. The maximum Gasteiger partial charge on any atom is 0.263 e. The quantitative estimate of drug-likeness (QED) is 0.747. The van der Waals surface area contributed by atoms with Gasteiger partial charge in [-0.25, -0.2) is 8.78 Å². The minimum atomic E-state index is -2.42. The molecule has 0 aliphatic rings. The molecule has 1 aromatic rings. The van der Waals surface area contributed by atoms with E-state index in [4.69, 9.17) is 0 Å². The maximum absolute atomic E-state index is 12.3. The molecule has 0 saturated heterocycles. The molecule has 0 saturated carbocycles. The van der Waals surface area contributed by atoms with Gasteiger partial charge in [-0.3, -0.25) is 4.79 Å². The number of alkyl halides is 2. The van der Waals surface area contributed by atoms with Crippen molar-refractivity contribution in [2.24, 2.45) is 0 Å². The smallest absolute Gasteiger partial charge is 0.263 e. The molecule has 0 aliphatic heterocycles. The van der Waals surface area contributed by atoms with Crippen LogP contribution in [0, 0.1) is 0 Å². The fraction of sp³-hybridized carbons (Fsp3) is 0.417. The Morgan fingerprint density at radius 3 is 2.41 bits per heavy atom. The summed E-state index contributed by atoms with van der Waals surface area (Å²) < 4.78 is 24.5. The lowest BCUT2D eigenvalue weighted by atomic mass is 10.1. The second-order valence-corrected chi connectivity index (χ2v) is 3.70. The third kappa shape index (κ3) is 5.40. The fourth-order valence-electron chi connectivity index (χ4n) is 1.34. The summed E-state index contributed by atoms with van der Waals surface area (Å²) in [5.41, 5.74) is 0.976. The van der Waals surface area contributed by atoms with Crippen molar-refractivity contribution in [2.75, 3.05) is 13.1 Å². The van der Waals surface area contributed by atoms with Crippen LogP contribution >= 0.6 is 0 Å². The van der Waals surface area contributed by atoms with Gasteiger partial charge in [-0.1, -0.05) is 24.3 Å². The Kier molecular flexibility index (Phi) is 5.56. The molecule has 0 heterocycles. The Morgan fingerprint density at radius 1 is 1.24 bits per heavy atom. The van der Waals surface area contributed by atoms with Crippen molar-refractivity contribution < 1.29 is 13.6 Å². The van der Waals surface area contributed by atoms with Crippen LogP contribution in [0.25, 0.3) is 0 Å². The van der Waals surface area contributed by atoms with Gasteiger partial charge in [0.05, 0.1) is 0 Å². The van der Waals surface area contributed by atoms with E-state index in [0.717, 1.165) is 5.56 Å². The Labute approximate surface area is 99.2 Å². The first kappa shape index (κ1) is 13.6. The maximum atomic E-state index is 12.3. The summed E-state index contributed by atoms with van der Waals surface area (Å²) in [5.74, 6) is -0.0620. The molecule has 17 heavy (non-hydrogen) atoms. The Bertz CT molecular complexity index is 352. The molecule has 0 bridgehead atoms. The molecule has 0 radical (unpaired) electrons. The number of nitrogens with one attached hydrogen (secondary N) is 2. The van der Waals surface area contributed by atoms with Gasteiger partial charge in [-0.05, 0) is 5.56 Å². The predicted molar refractivity (Wildman–Crippen MR) is 61.8 cm³/mol. The summed E-state index contributed by atoms with van der Waals surface area (Å²) in [7, 11) is 0. The van der Waals surface area contributed by atoms with Crippen LogP contribution in [0.4, 0.5) is 8.78 Å². The first-order chi connectivity index (χ1) is 8.09. The van der Waals surface area contributed by atoms with Crippen LogP contribution in [0.5, 0.6) is 0 Å². The van der Waals surface area contributed by atoms with Gasteiger partial charge < -0.3 is 10.6 Å². The van der Waals surface area contributed by atoms with Crippen LogP contribution < -0.4 is 10.6 Å². The fourth-order valence-corrected chi connectivity index (χ4v) is 1.34. The van der Waals surface area contributed by atoms with Gasteiger partial charge in [0.25, 0.3) is 6.43 Å². The van der Waals surface area contributed by atoms with E-state index in [1.807, 2.05) is 0 Å². The largest absolute Gasteiger partial charge is 0.355 e. The predicted octanol–water partition coefficient (Wildman–Crippen LogP) is 1.85. The molecule has 1 amide bonds. The number of carbonyl (C=O) groups excluding carboxylic acids is 1. The summed E-state index contributed by atoms with van der Waals surface area (Å²) in [5, 5.41) is 5.76. The second-order valence-electron chi connectivity index (χ2n) is 3.70. The van der Waals surface area contributed by atoms with E-state index >= 15 is 0 Å². The number of hydrogen-bond donors (Lipinski definition) is 2. The highest BCUT2D eigenvalue weighted by atomic mass is 19.3. The Morgan fingerprint density at radius 2 is 1.88 bits per heavy atom. The number of rotatable bonds is 6.